The zero-order valence-corrected chi connectivity index (χ0v) is 11.3. The fourth-order valence-corrected chi connectivity index (χ4v) is 2.78. The number of nitrogens with one attached hydrogen (secondary N) is 1. The number of aliphatic hydroxyl groups excluding tert-OH is 1. The van der Waals surface area contributed by atoms with Crippen LogP contribution in [0.4, 0.5) is 0 Å². The van der Waals surface area contributed by atoms with Gasteiger partial charge in [0.1, 0.15) is 0 Å². The lowest BCUT2D eigenvalue weighted by atomic mass is 10.0. The second kappa shape index (κ2) is 5.22. The van der Waals surface area contributed by atoms with Gasteiger partial charge in [-0.3, -0.25) is 4.90 Å². The zero-order chi connectivity index (χ0) is 12.5. The van der Waals surface area contributed by atoms with Gasteiger partial charge in [0.25, 0.3) is 0 Å². The molecule has 2 rings (SSSR count). The molecule has 1 heterocycles. The van der Waals surface area contributed by atoms with Crippen molar-refractivity contribution < 1.29 is 9.84 Å². The van der Waals surface area contributed by atoms with Crippen molar-refractivity contribution in [2.45, 2.75) is 57.4 Å². The Labute approximate surface area is 104 Å². The Balaban J connectivity index is 1.83. The number of hydrogen-bond acceptors (Lipinski definition) is 4. The van der Waals surface area contributed by atoms with Crippen LogP contribution in [0.25, 0.3) is 0 Å². The Morgan fingerprint density at radius 3 is 2.71 bits per heavy atom. The van der Waals surface area contributed by atoms with Gasteiger partial charge in [-0.05, 0) is 33.6 Å². The highest BCUT2D eigenvalue weighted by Crippen LogP contribution is 2.22. The van der Waals surface area contributed by atoms with Crippen LogP contribution in [0.1, 0.15) is 33.6 Å². The van der Waals surface area contributed by atoms with Crippen molar-refractivity contribution in [1.82, 2.24) is 10.2 Å². The third-order valence-electron chi connectivity index (χ3n) is 3.39. The van der Waals surface area contributed by atoms with Crippen LogP contribution in [0, 0.1) is 0 Å². The van der Waals surface area contributed by atoms with Crippen molar-refractivity contribution in [3.05, 3.63) is 0 Å². The first-order valence-corrected chi connectivity index (χ1v) is 6.75. The van der Waals surface area contributed by atoms with Gasteiger partial charge < -0.3 is 15.2 Å². The topological polar surface area (TPSA) is 44.7 Å². The Morgan fingerprint density at radius 2 is 2.18 bits per heavy atom. The van der Waals surface area contributed by atoms with E-state index in [4.69, 9.17) is 4.74 Å². The summed E-state index contributed by atoms with van der Waals surface area (Å²) in [6.45, 7) is 9.45. The summed E-state index contributed by atoms with van der Waals surface area (Å²) in [7, 11) is 0. The summed E-state index contributed by atoms with van der Waals surface area (Å²) >= 11 is 0. The van der Waals surface area contributed by atoms with Gasteiger partial charge in [-0.25, -0.2) is 0 Å². The average molecular weight is 242 g/mol. The van der Waals surface area contributed by atoms with Crippen LogP contribution in [0.3, 0.4) is 0 Å². The van der Waals surface area contributed by atoms with Gasteiger partial charge >= 0.3 is 0 Å². The monoisotopic (exact) mass is 242 g/mol. The lowest BCUT2D eigenvalue weighted by Gasteiger charge is -2.42. The van der Waals surface area contributed by atoms with Crippen molar-refractivity contribution in [3.63, 3.8) is 0 Å². The summed E-state index contributed by atoms with van der Waals surface area (Å²) < 4.78 is 5.89. The molecule has 1 aliphatic heterocycles. The molecule has 2 N–H and O–H groups in total. The highest BCUT2D eigenvalue weighted by atomic mass is 16.5. The fraction of sp³-hybridized carbons (Fsp3) is 1.00. The van der Waals surface area contributed by atoms with E-state index in [1.165, 1.54) is 12.8 Å². The maximum atomic E-state index is 9.41. The van der Waals surface area contributed by atoms with Crippen LogP contribution < -0.4 is 5.32 Å². The first-order chi connectivity index (χ1) is 7.98. The zero-order valence-electron chi connectivity index (χ0n) is 11.3. The molecule has 2 unspecified atom stereocenters. The standard InChI is InChI=1S/C13H26N2O2/c1-10-6-15(9-13(2,3)17-10)7-12(8-16)14-11-4-5-11/h10-12,14,16H,4-9H2,1-3H3. The molecule has 17 heavy (non-hydrogen) atoms. The van der Waals surface area contributed by atoms with E-state index in [0.29, 0.717) is 6.04 Å². The summed E-state index contributed by atoms with van der Waals surface area (Å²) in [6, 6.07) is 0.863. The molecule has 1 aliphatic carbocycles. The molecular weight excluding hydrogens is 216 g/mol. The van der Waals surface area contributed by atoms with Crippen molar-refractivity contribution in [2.75, 3.05) is 26.2 Å². The van der Waals surface area contributed by atoms with Crippen molar-refractivity contribution >= 4 is 0 Å². The molecule has 0 aromatic rings. The van der Waals surface area contributed by atoms with Gasteiger partial charge in [0.15, 0.2) is 0 Å². The van der Waals surface area contributed by atoms with Crippen molar-refractivity contribution in [2.24, 2.45) is 0 Å². The molecule has 100 valence electrons. The third-order valence-corrected chi connectivity index (χ3v) is 3.39. The van der Waals surface area contributed by atoms with Crippen molar-refractivity contribution in [1.29, 1.82) is 0 Å². The maximum absolute atomic E-state index is 9.41. The molecule has 2 atom stereocenters. The SMILES string of the molecule is CC1CN(CC(CO)NC2CC2)CC(C)(C)O1. The Bertz CT molecular complexity index is 254. The normalized spacial score (nSPS) is 31.4. The summed E-state index contributed by atoms with van der Waals surface area (Å²) in [4.78, 5) is 2.41. The molecule has 0 radical (unpaired) electrons. The van der Waals surface area contributed by atoms with E-state index in [-0.39, 0.29) is 24.4 Å². The molecule has 0 aromatic heterocycles. The second-order valence-electron chi connectivity index (χ2n) is 6.20. The third kappa shape index (κ3) is 4.21. The molecule has 1 saturated carbocycles. The molecule has 4 heteroatoms. The summed E-state index contributed by atoms with van der Waals surface area (Å²) in [5.74, 6) is 0. The molecule has 0 spiro atoms. The smallest absolute Gasteiger partial charge is 0.0757 e. The van der Waals surface area contributed by atoms with Gasteiger partial charge in [0.2, 0.25) is 0 Å². The molecule has 0 bridgehead atoms. The van der Waals surface area contributed by atoms with E-state index in [1.807, 2.05) is 0 Å². The lowest BCUT2D eigenvalue weighted by Crippen LogP contribution is -2.55. The highest BCUT2D eigenvalue weighted by molar-refractivity contribution is 4.89. The Hall–Kier alpha value is -0.160. The van der Waals surface area contributed by atoms with Crippen LogP contribution in [-0.4, -0.2) is 60.0 Å². The van der Waals surface area contributed by atoms with E-state index in [9.17, 15) is 5.11 Å². The number of morpholine rings is 1. The average Bonchev–Trinajstić information content (AvgIpc) is 2.97. The minimum Gasteiger partial charge on any atom is -0.395 e. The first-order valence-electron chi connectivity index (χ1n) is 6.75. The predicted octanol–water partition coefficient (Wildman–Crippen LogP) is 0.599. The second-order valence-corrected chi connectivity index (χ2v) is 6.20. The van der Waals surface area contributed by atoms with Crippen LogP contribution in [-0.2, 0) is 4.74 Å². The largest absolute Gasteiger partial charge is 0.395 e. The van der Waals surface area contributed by atoms with E-state index in [2.05, 4.69) is 31.0 Å². The molecule has 2 fully saturated rings. The van der Waals surface area contributed by atoms with E-state index < -0.39 is 0 Å². The molecule has 1 saturated heterocycles. The Morgan fingerprint density at radius 1 is 1.47 bits per heavy atom. The summed E-state index contributed by atoms with van der Waals surface area (Å²) in [6.07, 6.45) is 2.81. The maximum Gasteiger partial charge on any atom is 0.0757 e. The molecule has 2 aliphatic rings. The Kier molecular flexibility index (Phi) is 4.08. The van der Waals surface area contributed by atoms with Gasteiger partial charge in [0, 0.05) is 31.7 Å². The van der Waals surface area contributed by atoms with Gasteiger partial charge in [-0.1, -0.05) is 0 Å². The van der Waals surface area contributed by atoms with Crippen LogP contribution in [0.15, 0.2) is 0 Å². The molecule has 4 nitrogen and oxygen atoms in total. The summed E-state index contributed by atoms with van der Waals surface area (Å²) in [5.41, 5.74) is -0.0722. The quantitative estimate of drug-likeness (QED) is 0.741. The lowest BCUT2D eigenvalue weighted by molar-refractivity contribution is -0.130. The first kappa shape index (κ1) is 13.3. The van der Waals surface area contributed by atoms with E-state index in [0.717, 1.165) is 19.6 Å². The highest BCUT2D eigenvalue weighted by Gasteiger charge is 2.33. The number of aliphatic hydroxyl groups is 1. The number of nitrogens with zero attached hydrogens (tertiary/aromatic N) is 1. The number of ether oxygens (including phenoxy) is 1. The summed E-state index contributed by atoms with van der Waals surface area (Å²) in [5, 5.41) is 12.9. The molecular formula is C13H26N2O2. The van der Waals surface area contributed by atoms with Gasteiger partial charge in [0.05, 0.1) is 18.3 Å². The minimum absolute atomic E-state index is 0.0722. The molecule has 0 amide bonds. The van der Waals surface area contributed by atoms with Gasteiger partial charge in [-0.15, -0.1) is 0 Å². The van der Waals surface area contributed by atoms with Crippen LogP contribution in [0.2, 0.25) is 0 Å². The number of rotatable bonds is 5. The van der Waals surface area contributed by atoms with Crippen molar-refractivity contribution in [3.8, 4) is 0 Å². The molecule has 0 aromatic carbocycles. The van der Waals surface area contributed by atoms with Crippen LogP contribution in [0.5, 0.6) is 0 Å². The predicted molar refractivity (Wildman–Crippen MR) is 68.1 cm³/mol. The minimum atomic E-state index is -0.0722. The number of hydrogen-bond donors (Lipinski definition) is 2. The fourth-order valence-electron chi connectivity index (χ4n) is 2.78. The van der Waals surface area contributed by atoms with E-state index in [1.54, 1.807) is 0 Å². The van der Waals surface area contributed by atoms with E-state index >= 15 is 0 Å². The van der Waals surface area contributed by atoms with Crippen LogP contribution >= 0.6 is 0 Å². The van der Waals surface area contributed by atoms with Gasteiger partial charge in [-0.2, -0.15) is 0 Å².